The lowest BCUT2D eigenvalue weighted by Crippen LogP contribution is -2.14. The van der Waals surface area contributed by atoms with E-state index in [1.807, 2.05) is 0 Å². The summed E-state index contributed by atoms with van der Waals surface area (Å²) in [6.45, 7) is 0.267. The quantitative estimate of drug-likeness (QED) is 0.906. The zero-order valence-corrected chi connectivity index (χ0v) is 11.0. The van der Waals surface area contributed by atoms with Crippen LogP contribution in [0.15, 0.2) is 48.5 Å². The summed E-state index contributed by atoms with van der Waals surface area (Å²) >= 11 is 5.78. The fraction of sp³-hybridized carbons (Fsp3) is 0.200. The highest BCUT2D eigenvalue weighted by molar-refractivity contribution is 6.30. The van der Waals surface area contributed by atoms with Gasteiger partial charge in [-0.1, -0.05) is 23.7 Å². The SMILES string of the molecule is OCC(COc1ccc(Cl)cc1)c1ccc(F)cc1. The molecule has 0 radical (unpaired) electrons. The Hall–Kier alpha value is -1.58. The molecule has 1 atom stereocenters. The molecule has 0 amide bonds. The largest absolute Gasteiger partial charge is 0.493 e. The van der Waals surface area contributed by atoms with Crippen molar-refractivity contribution in [1.29, 1.82) is 0 Å². The third-order valence-corrected chi connectivity index (χ3v) is 3.08. The molecule has 100 valence electrons. The molecule has 19 heavy (non-hydrogen) atoms. The van der Waals surface area contributed by atoms with Gasteiger partial charge in [0.05, 0.1) is 13.2 Å². The molecular formula is C15H14ClFO2. The molecule has 0 aliphatic rings. The van der Waals surface area contributed by atoms with Crippen molar-refractivity contribution in [3.8, 4) is 5.75 Å². The van der Waals surface area contributed by atoms with Crippen molar-refractivity contribution >= 4 is 11.6 Å². The smallest absolute Gasteiger partial charge is 0.123 e. The Balaban J connectivity index is 1.99. The van der Waals surface area contributed by atoms with E-state index in [-0.39, 0.29) is 18.3 Å². The van der Waals surface area contributed by atoms with Crippen molar-refractivity contribution in [2.75, 3.05) is 13.2 Å². The van der Waals surface area contributed by atoms with E-state index in [2.05, 4.69) is 0 Å². The highest BCUT2D eigenvalue weighted by Gasteiger charge is 2.11. The van der Waals surface area contributed by atoms with Gasteiger partial charge in [-0.2, -0.15) is 0 Å². The Morgan fingerprint density at radius 2 is 1.68 bits per heavy atom. The molecule has 0 saturated heterocycles. The molecule has 2 aromatic rings. The Kier molecular flexibility index (Phi) is 4.77. The monoisotopic (exact) mass is 280 g/mol. The molecule has 2 nitrogen and oxygen atoms in total. The Morgan fingerprint density at radius 1 is 1.05 bits per heavy atom. The fourth-order valence-electron chi connectivity index (χ4n) is 1.72. The summed E-state index contributed by atoms with van der Waals surface area (Å²) in [7, 11) is 0. The van der Waals surface area contributed by atoms with Gasteiger partial charge in [-0.05, 0) is 42.0 Å². The number of benzene rings is 2. The first-order chi connectivity index (χ1) is 9.19. The number of ether oxygens (including phenoxy) is 1. The third-order valence-electron chi connectivity index (χ3n) is 2.83. The summed E-state index contributed by atoms with van der Waals surface area (Å²) < 4.78 is 18.4. The second kappa shape index (κ2) is 6.55. The predicted octanol–water partition coefficient (Wildman–Crippen LogP) is 3.63. The van der Waals surface area contributed by atoms with E-state index in [1.165, 1.54) is 12.1 Å². The molecule has 4 heteroatoms. The zero-order valence-electron chi connectivity index (χ0n) is 10.2. The first-order valence-electron chi connectivity index (χ1n) is 5.93. The molecule has 0 bridgehead atoms. The van der Waals surface area contributed by atoms with Gasteiger partial charge in [0.15, 0.2) is 0 Å². The van der Waals surface area contributed by atoms with Gasteiger partial charge in [0.1, 0.15) is 11.6 Å². The van der Waals surface area contributed by atoms with Crippen LogP contribution in [0.4, 0.5) is 4.39 Å². The van der Waals surface area contributed by atoms with Crippen molar-refractivity contribution in [2.45, 2.75) is 5.92 Å². The van der Waals surface area contributed by atoms with Crippen LogP contribution in [0.25, 0.3) is 0 Å². The van der Waals surface area contributed by atoms with Crippen LogP contribution < -0.4 is 4.74 Å². The summed E-state index contributed by atoms with van der Waals surface area (Å²) in [5.41, 5.74) is 0.845. The summed E-state index contributed by atoms with van der Waals surface area (Å²) in [6.07, 6.45) is 0. The molecule has 2 aromatic carbocycles. The first kappa shape index (κ1) is 13.8. The first-order valence-corrected chi connectivity index (χ1v) is 6.31. The minimum absolute atomic E-state index is 0.0563. The minimum Gasteiger partial charge on any atom is -0.493 e. The Labute approximate surface area is 116 Å². The van der Waals surface area contributed by atoms with Crippen molar-refractivity contribution < 1.29 is 14.2 Å². The third kappa shape index (κ3) is 3.94. The molecule has 1 N–H and O–H groups in total. The second-order valence-electron chi connectivity index (χ2n) is 4.20. The van der Waals surface area contributed by atoms with E-state index in [0.717, 1.165) is 5.56 Å². The van der Waals surface area contributed by atoms with Crippen LogP contribution >= 0.6 is 11.6 Å². The van der Waals surface area contributed by atoms with Gasteiger partial charge < -0.3 is 9.84 Å². The molecule has 0 spiro atoms. The molecule has 0 aliphatic heterocycles. The normalized spacial score (nSPS) is 12.2. The molecule has 1 unspecified atom stereocenters. The van der Waals surface area contributed by atoms with E-state index in [1.54, 1.807) is 36.4 Å². The average Bonchev–Trinajstić information content (AvgIpc) is 2.43. The summed E-state index contributed by atoms with van der Waals surface area (Å²) in [6, 6.07) is 13.1. The van der Waals surface area contributed by atoms with Gasteiger partial charge >= 0.3 is 0 Å². The minimum atomic E-state index is -0.293. The fourth-order valence-corrected chi connectivity index (χ4v) is 1.84. The van der Waals surface area contributed by atoms with E-state index >= 15 is 0 Å². The van der Waals surface area contributed by atoms with Gasteiger partial charge in [-0.25, -0.2) is 4.39 Å². The Bertz CT molecular complexity index is 511. The van der Waals surface area contributed by atoms with Crippen LogP contribution in [0.2, 0.25) is 5.02 Å². The van der Waals surface area contributed by atoms with Crippen molar-refractivity contribution in [3.05, 3.63) is 64.9 Å². The van der Waals surface area contributed by atoms with Gasteiger partial charge in [0.25, 0.3) is 0 Å². The lowest BCUT2D eigenvalue weighted by molar-refractivity contribution is 0.205. The van der Waals surface area contributed by atoms with Crippen LogP contribution in [0.5, 0.6) is 5.75 Å². The van der Waals surface area contributed by atoms with E-state index < -0.39 is 0 Å². The standard InChI is InChI=1S/C15H14ClFO2/c16-13-3-7-15(8-4-13)19-10-12(9-18)11-1-5-14(17)6-2-11/h1-8,12,18H,9-10H2. The maximum atomic E-state index is 12.8. The van der Waals surface area contributed by atoms with Crippen LogP contribution in [0.1, 0.15) is 11.5 Å². The van der Waals surface area contributed by atoms with Gasteiger partial charge in [-0.15, -0.1) is 0 Å². The van der Waals surface area contributed by atoms with Crippen LogP contribution in [-0.2, 0) is 0 Å². The number of rotatable bonds is 5. The van der Waals surface area contributed by atoms with Gasteiger partial charge in [0.2, 0.25) is 0 Å². The maximum absolute atomic E-state index is 12.8. The number of hydrogen-bond donors (Lipinski definition) is 1. The maximum Gasteiger partial charge on any atom is 0.123 e. The predicted molar refractivity (Wildman–Crippen MR) is 73.2 cm³/mol. The molecule has 0 fully saturated rings. The highest BCUT2D eigenvalue weighted by Crippen LogP contribution is 2.20. The number of halogens is 2. The molecule has 0 aliphatic carbocycles. The zero-order chi connectivity index (χ0) is 13.7. The topological polar surface area (TPSA) is 29.5 Å². The van der Waals surface area contributed by atoms with E-state index in [9.17, 15) is 9.50 Å². The summed E-state index contributed by atoms with van der Waals surface area (Å²) in [4.78, 5) is 0. The van der Waals surface area contributed by atoms with Crippen LogP contribution in [0, 0.1) is 5.82 Å². The highest BCUT2D eigenvalue weighted by atomic mass is 35.5. The van der Waals surface area contributed by atoms with Crippen molar-refractivity contribution in [3.63, 3.8) is 0 Å². The molecule has 2 rings (SSSR count). The molecule has 0 aromatic heterocycles. The van der Waals surface area contributed by atoms with E-state index in [0.29, 0.717) is 17.4 Å². The van der Waals surface area contributed by atoms with Gasteiger partial charge in [0, 0.05) is 10.9 Å². The van der Waals surface area contributed by atoms with Crippen molar-refractivity contribution in [2.24, 2.45) is 0 Å². The van der Waals surface area contributed by atoms with Gasteiger partial charge in [-0.3, -0.25) is 0 Å². The number of aliphatic hydroxyl groups is 1. The Morgan fingerprint density at radius 3 is 2.26 bits per heavy atom. The second-order valence-corrected chi connectivity index (χ2v) is 4.63. The number of hydrogen-bond acceptors (Lipinski definition) is 2. The van der Waals surface area contributed by atoms with Crippen molar-refractivity contribution in [1.82, 2.24) is 0 Å². The summed E-state index contributed by atoms with van der Waals surface area (Å²) in [5, 5.41) is 10.0. The molecule has 0 saturated carbocycles. The van der Waals surface area contributed by atoms with E-state index in [4.69, 9.17) is 16.3 Å². The molecule has 0 heterocycles. The lowest BCUT2D eigenvalue weighted by atomic mass is 10.0. The number of aliphatic hydroxyl groups excluding tert-OH is 1. The lowest BCUT2D eigenvalue weighted by Gasteiger charge is -2.15. The summed E-state index contributed by atoms with van der Waals surface area (Å²) in [5.74, 6) is 0.209. The van der Waals surface area contributed by atoms with Crippen LogP contribution in [0.3, 0.4) is 0 Å². The van der Waals surface area contributed by atoms with Crippen LogP contribution in [-0.4, -0.2) is 18.3 Å². The molecular weight excluding hydrogens is 267 g/mol. The average molecular weight is 281 g/mol.